The van der Waals surface area contributed by atoms with Crippen LogP contribution >= 0.6 is 0 Å². The Morgan fingerprint density at radius 1 is 1.50 bits per heavy atom. The Morgan fingerprint density at radius 2 is 1.50 bits per heavy atom. The zero-order valence-electron chi connectivity index (χ0n) is 3.17. The van der Waals surface area contributed by atoms with Gasteiger partial charge in [-0.2, -0.15) is 0 Å². The first-order valence-electron chi connectivity index (χ1n) is 0.183. The summed E-state index contributed by atoms with van der Waals surface area (Å²) in [5, 5.41) is 0. The fourth-order valence-corrected chi connectivity index (χ4v) is 0. The minimum absolute atomic E-state index is 0. The second-order valence-corrected chi connectivity index (χ2v) is 0. The third-order valence-corrected chi connectivity index (χ3v) is 0. The normalized spacial score (nSPS) is 0.750. The van der Waals surface area contributed by atoms with Gasteiger partial charge in [-0.15, -0.1) is 0 Å². The van der Waals surface area contributed by atoms with E-state index in [4.69, 9.17) is 3.67 Å². The maximum atomic E-state index is 8.19. The molecule has 0 rings (SSSR count). The van der Waals surface area contributed by atoms with Gasteiger partial charge >= 0.3 is 39.9 Å². The molecule has 0 unspecified atom stereocenters. The predicted octanol–water partition coefficient (Wildman–Crippen LogP) is -3.01. The van der Waals surface area contributed by atoms with Crippen LogP contribution in [-0.2, 0) is 37.5 Å². The summed E-state index contributed by atoms with van der Waals surface area (Å²) in [5.74, 6) is 0. The van der Waals surface area contributed by atoms with E-state index in [-0.39, 0.29) is 36.8 Å². The van der Waals surface area contributed by atoms with E-state index < -0.39 is 0 Å². The average Bonchev–Trinajstić information content (AvgIpc) is 1.00. The topological polar surface area (TPSA) is 17.1 Å². The molecule has 0 bridgehead atoms. The first kappa shape index (κ1) is 17.9. The van der Waals surface area contributed by atoms with Gasteiger partial charge < -0.3 is 1.43 Å². The minimum atomic E-state index is 0. The summed E-state index contributed by atoms with van der Waals surface area (Å²) >= 11 is 1.06. The van der Waals surface area contributed by atoms with E-state index in [1.807, 2.05) is 0 Å². The molecule has 0 aliphatic carbocycles. The summed E-state index contributed by atoms with van der Waals surface area (Å²) in [6, 6.07) is 0. The van der Waals surface area contributed by atoms with E-state index in [2.05, 4.69) is 0 Å². The zero-order valence-corrected chi connectivity index (χ0v) is 4.56. The molecule has 0 aromatic heterocycles. The Bertz CT molecular complexity index is 11.6. The van der Waals surface area contributed by atoms with Crippen LogP contribution in [0.5, 0.6) is 0 Å². The van der Waals surface area contributed by atoms with Gasteiger partial charge in [0.25, 0.3) is 0 Å². The molecule has 0 fully saturated rings. The van der Waals surface area contributed by atoms with Crippen LogP contribution in [0.15, 0.2) is 0 Å². The molecule has 0 amide bonds. The molecule has 0 aromatic rings. The van der Waals surface area contributed by atoms with E-state index in [9.17, 15) is 0 Å². The Kier molecular flexibility index (Phi) is 111. The van der Waals surface area contributed by atoms with Gasteiger partial charge in [0.1, 0.15) is 0 Å². The molecule has 0 N–H and O–H groups in total. The molecule has 0 aliphatic heterocycles. The molecule has 4 heavy (non-hydrogen) atoms. The van der Waals surface area contributed by atoms with Crippen LogP contribution in [0.3, 0.4) is 0 Å². The van der Waals surface area contributed by atoms with Gasteiger partial charge in [-0.1, -0.05) is 0 Å². The van der Waals surface area contributed by atoms with Gasteiger partial charge in [0, 0.05) is 16.5 Å². The molecule has 0 aliphatic rings. The Morgan fingerprint density at radius 3 is 1.50 bits per heavy atom. The molecular weight excluding hydrogens is 133 g/mol. The monoisotopic (exact) mass is 133 g/mol. The van der Waals surface area contributed by atoms with Crippen LogP contribution in [0.25, 0.3) is 0 Å². The third-order valence-electron chi connectivity index (χ3n) is 0. The van der Waals surface area contributed by atoms with Crippen molar-refractivity contribution in [3.8, 4) is 0 Å². The maximum absolute atomic E-state index is 8.19. The number of rotatable bonds is 0. The summed E-state index contributed by atoms with van der Waals surface area (Å²) in [6.07, 6.45) is 0. The SMILES string of the molecule is [H-].[Li+].[Ni].[O]=[V]. The molecule has 0 saturated heterocycles. The Labute approximate surface area is 57.7 Å². The van der Waals surface area contributed by atoms with Crippen molar-refractivity contribution in [3.63, 3.8) is 0 Å². The van der Waals surface area contributed by atoms with Crippen LogP contribution in [-0.4, -0.2) is 0 Å². The molecule has 0 aromatic carbocycles. The van der Waals surface area contributed by atoms with Crippen molar-refractivity contribution in [2.24, 2.45) is 0 Å². The predicted molar refractivity (Wildman–Crippen MR) is 1.80 cm³/mol. The summed E-state index contributed by atoms with van der Waals surface area (Å²) in [4.78, 5) is 0. The first-order chi connectivity index (χ1) is 1.00. The molecule has 1 nitrogen and oxygen atoms in total. The van der Waals surface area contributed by atoms with Crippen LogP contribution in [0.2, 0.25) is 0 Å². The van der Waals surface area contributed by atoms with E-state index in [0.29, 0.717) is 0 Å². The third kappa shape index (κ3) is 9.78. The van der Waals surface area contributed by atoms with Crippen LogP contribution in [0.1, 0.15) is 1.43 Å². The van der Waals surface area contributed by atoms with Crippen molar-refractivity contribution in [3.05, 3.63) is 0 Å². The second kappa shape index (κ2) is 24.8. The molecule has 0 heterocycles. The quantitative estimate of drug-likeness (QED) is 0.322. The van der Waals surface area contributed by atoms with Crippen LogP contribution < -0.4 is 18.9 Å². The van der Waals surface area contributed by atoms with Gasteiger partial charge in [0.05, 0.1) is 0 Å². The summed E-state index contributed by atoms with van der Waals surface area (Å²) in [7, 11) is 0. The van der Waals surface area contributed by atoms with Gasteiger partial charge in [0.2, 0.25) is 0 Å². The van der Waals surface area contributed by atoms with Crippen molar-refractivity contribution >= 4 is 0 Å². The van der Waals surface area contributed by atoms with E-state index in [1.54, 1.807) is 0 Å². The fraction of sp³-hybridized carbons (Fsp3) is 0. The van der Waals surface area contributed by atoms with Gasteiger partial charge in [-0.05, 0) is 0 Å². The van der Waals surface area contributed by atoms with Crippen molar-refractivity contribution in [1.82, 2.24) is 0 Å². The summed E-state index contributed by atoms with van der Waals surface area (Å²) in [5.41, 5.74) is 0. The molecule has 0 radical (unpaired) electrons. The molecule has 23 valence electrons. The summed E-state index contributed by atoms with van der Waals surface area (Å²) < 4.78 is 8.19. The Hall–Kier alpha value is 1.48. The Balaban J connectivity index is -0.00000000167. The van der Waals surface area contributed by atoms with Gasteiger partial charge in [-0.3, -0.25) is 0 Å². The van der Waals surface area contributed by atoms with E-state index >= 15 is 0 Å². The molecule has 0 saturated carbocycles. The van der Waals surface area contributed by atoms with Crippen molar-refractivity contribution < 1.29 is 57.8 Å². The van der Waals surface area contributed by atoms with Crippen LogP contribution in [0.4, 0.5) is 0 Å². The first-order valence-corrected chi connectivity index (χ1v) is 0.753. The van der Waals surface area contributed by atoms with E-state index in [0.717, 1.165) is 17.4 Å². The van der Waals surface area contributed by atoms with Crippen molar-refractivity contribution in [2.45, 2.75) is 0 Å². The number of hydrogen-bond acceptors (Lipinski definition) is 1. The zero-order chi connectivity index (χ0) is 2.00. The number of hydrogen-bond donors (Lipinski definition) is 0. The fourth-order valence-electron chi connectivity index (χ4n) is 0. The van der Waals surface area contributed by atoms with Crippen molar-refractivity contribution in [1.29, 1.82) is 0 Å². The second-order valence-electron chi connectivity index (χ2n) is 0. The standard InChI is InChI=1S/Li.Ni.O.V.H/q+1;;;;-1. The van der Waals surface area contributed by atoms with Gasteiger partial charge in [-0.25, -0.2) is 0 Å². The van der Waals surface area contributed by atoms with Crippen LogP contribution in [0, 0.1) is 0 Å². The van der Waals surface area contributed by atoms with Crippen molar-refractivity contribution in [2.75, 3.05) is 0 Å². The summed E-state index contributed by atoms with van der Waals surface area (Å²) in [6.45, 7) is 0. The molecule has 4 heteroatoms. The molecule has 0 spiro atoms. The van der Waals surface area contributed by atoms with E-state index in [1.165, 1.54) is 0 Å². The average molecular weight is 134 g/mol. The van der Waals surface area contributed by atoms with Gasteiger partial charge in [0.15, 0.2) is 0 Å². The molecular formula is HLiNiOV. The molecule has 0 atom stereocenters.